The van der Waals surface area contributed by atoms with E-state index in [4.69, 9.17) is 11.6 Å². The number of halogens is 1. The lowest BCUT2D eigenvalue weighted by molar-refractivity contribution is -0.113. The number of carbonyl (C=O) groups excluding carboxylic acids is 2. The highest BCUT2D eigenvalue weighted by atomic mass is 35.5. The summed E-state index contributed by atoms with van der Waals surface area (Å²) in [5.41, 5.74) is 1.76. The van der Waals surface area contributed by atoms with Gasteiger partial charge in [-0.2, -0.15) is 0 Å². The van der Waals surface area contributed by atoms with Gasteiger partial charge in [0.1, 0.15) is 5.75 Å². The molecule has 3 N–H and O–H groups in total. The van der Waals surface area contributed by atoms with Crippen LogP contribution in [0.15, 0.2) is 42.5 Å². The highest BCUT2D eigenvalue weighted by molar-refractivity contribution is 7.93. The van der Waals surface area contributed by atoms with Crippen LogP contribution in [0.5, 0.6) is 0 Å². The van der Waals surface area contributed by atoms with E-state index in [2.05, 4.69) is 20.3 Å². The van der Waals surface area contributed by atoms with Gasteiger partial charge in [-0.15, -0.1) is 0 Å². The first-order valence-electron chi connectivity index (χ1n) is 10.9. The van der Waals surface area contributed by atoms with Gasteiger partial charge in [0.25, 0.3) is 5.91 Å². The quantitative estimate of drug-likeness (QED) is 0.518. The van der Waals surface area contributed by atoms with Gasteiger partial charge in [-0.25, -0.2) is 8.42 Å². The van der Waals surface area contributed by atoms with Crippen molar-refractivity contribution in [3.05, 3.63) is 53.1 Å². The van der Waals surface area contributed by atoms with Crippen LogP contribution in [-0.2, 0) is 14.8 Å². The van der Waals surface area contributed by atoms with Crippen molar-refractivity contribution >= 4 is 50.5 Å². The summed E-state index contributed by atoms with van der Waals surface area (Å²) in [7, 11) is -3.96. The largest absolute Gasteiger partial charge is 0.372 e. The minimum Gasteiger partial charge on any atom is -0.372 e. The maximum Gasteiger partial charge on any atom is 0.253 e. The molecule has 3 rings (SSSR count). The van der Waals surface area contributed by atoms with Crippen molar-refractivity contribution in [2.75, 3.05) is 33.8 Å². The molecule has 2 amide bonds. The summed E-state index contributed by atoms with van der Waals surface area (Å²) in [6.07, 6.45) is 3.53. The van der Waals surface area contributed by atoms with Crippen molar-refractivity contribution in [2.24, 2.45) is 0 Å². The maximum atomic E-state index is 12.5. The maximum absolute atomic E-state index is 12.5. The monoisotopic (exact) mass is 492 g/mol. The van der Waals surface area contributed by atoms with Crippen molar-refractivity contribution in [1.82, 2.24) is 5.32 Å². The van der Waals surface area contributed by atoms with Gasteiger partial charge in [0.05, 0.1) is 11.3 Å². The van der Waals surface area contributed by atoms with E-state index in [9.17, 15) is 18.0 Å². The number of piperidine rings is 1. The topological polar surface area (TPSA) is 108 Å². The molecule has 2 aromatic rings. The van der Waals surface area contributed by atoms with Gasteiger partial charge < -0.3 is 15.5 Å². The third-order valence-electron chi connectivity index (χ3n) is 5.10. The Morgan fingerprint density at radius 2 is 1.70 bits per heavy atom. The summed E-state index contributed by atoms with van der Waals surface area (Å²) < 4.78 is 27.5. The van der Waals surface area contributed by atoms with E-state index in [1.807, 2.05) is 26.0 Å². The van der Waals surface area contributed by atoms with Gasteiger partial charge in [-0.05, 0) is 75.6 Å². The van der Waals surface area contributed by atoms with Gasteiger partial charge in [-0.1, -0.05) is 11.6 Å². The average Bonchev–Trinajstić information content (AvgIpc) is 2.73. The van der Waals surface area contributed by atoms with Gasteiger partial charge in [0.15, 0.2) is 0 Å². The number of anilines is 3. The Morgan fingerprint density at radius 1 is 1.03 bits per heavy atom. The highest BCUT2D eigenvalue weighted by Gasteiger charge is 2.20. The Labute approximate surface area is 199 Å². The molecule has 0 spiro atoms. The lowest BCUT2D eigenvalue weighted by Gasteiger charge is -2.28. The number of benzene rings is 2. The van der Waals surface area contributed by atoms with Crippen LogP contribution in [0.1, 0.15) is 43.5 Å². The molecule has 0 bridgehead atoms. The summed E-state index contributed by atoms with van der Waals surface area (Å²) in [5, 5.41) is 5.53. The molecule has 0 aliphatic carbocycles. The Hall–Kier alpha value is -2.78. The lowest BCUT2D eigenvalue weighted by Crippen LogP contribution is -2.32. The van der Waals surface area contributed by atoms with E-state index in [1.165, 1.54) is 24.6 Å². The summed E-state index contributed by atoms with van der Waals surface area (Å²) in [4.78, 5) is 27.1. The third kappa shape index (κ3) is 7.36. The molecule has 1 heterocycles. The zero-order valence-electron chi connectivity index (χ0n) is 18.7. The molecule has 0 aromatic heterocycles. The number of sulfonamides is 1. The summed E-state index contributed by atoms with van der Waals surface area (Å²) in [6.45, 7) is 5.60. The Bertz CT molecular complexity index is 1100. The van der Waals surface area contributed by atoms with Crippen molar-refractivity contribution in [3.63, 3.8) is 0 Å². The molecule has 33 heavy (non-hydrogen) atoms. The molecule has 0 radical (unpaired) electrons. The number of nitrogens with one attached hydrogen (secondary N) is 3. The Kier molecular flexibility index (Phi) is 8.20. The fourth-order valence-corrected chi connectivity index (χ4v) is 4.78. The number of hydrogen-bond donors (Lipinski definition) is 3. The summed E-state index contributed by atoms with van der Waals surface area (Å²) in [5.74, 6) is -1.99. The number of hydrogen-bond acceptors (Lipinski definition) is 5. The molecule has 1 saturated heterocycles. The second-order valence-corrected chi connectivity index (χ2v) is 10.5. The minimum atomic E-state index is -3.96. The van der Waals surface area contributed by atoms with E-state index >= 15 is 0 Å². The van der Waals surface area contributed by atoms with Crippen molar-refractivity contribution in [2.45, 2.75) is 39.2 Å². The van der Waals surface area contributed by atoms with Crippen LogP contribution >= 0.6 is 11.6 Å². The van der Waals surface area contributed by atoms with Crippen molar-refractivity contribution in [3.8, 4) is 0 Å². The van der Waals surface area contributed by atoms with Crippen LogP contribution in [0.2, 0.25) is 5.02 Å². The van der Waals surface area contributed by atoms with E-state index < -0.39 is 27.6 Å². The van der Waals surface area contributed by atoms with Crippen LogP contribution < -0.4 is 20.3 Å². The first-order chi connectivity index (χ1) is 15.6. The molecule has 10 heteroatoms. The van der Waals surface area contributed by atoms with E-state index in [0.717, 1.165) is 31.6 Å². The second-order valence-electron chi connectivity index (χ2n) is 8.32. The number of nitrogens with zero attached hydrogens (tertiary/aromatic N) is 1. The molecule has 1 aliphatic rings. The van der Waals surface area contributed by atoms with Crippen molar-refractivity contribution < 1.29 is 18.0 Å². The van der Waals surface area contributed by atoms with Crippen LogP contribution in [0.4, 0.5) is 17.1 Å². The van der Waals surface area contributed by atoms with Crippen LogP contribution in [0, 0.1) is 0 Å². The summed E-state index contributed by atoms with van der Waals surface area (Å²) in [6, 6.07) is 11.4. The normalized spacial score (nSPS) is 14.1. The smallest absolute Gasteiger partial charge is 0.253 e. The first-order valence-corrected chi connectivity index (χ1v) is 12.9. The summed E-state index contributed by atoms with van der Waals surface area (Å²) >= 11 is 6.00. The number of amides is 2. The molecule has 0 atom stereocenters. The van der Waals surface area contributed by atoms with Crippen LogP contribution in [0.25, 0.3) is 0 Å². The van der Waals surface area contributed by atoms with Gasteiger partial charge >= 0.3 is 0 Å². The van der Waals surface area contributed by atoms with Crippen LogP contribution in [0.3, 0.4) is 0 Å². The lowest BCUT2D eigenvalue weighted by atomic mass is 10.1. The molecular weight excluding hydrogens is 464 g/mol. The Balaban J connectivity index is 1.64. The van der Waals surface area contributed by atoms with E-state index in [1.54, 1.807) is 12.1 Å². The molecule has 8 nitrogen and oxygen atoms in total. The standard InChI is InChI=1S/C23H29ClN4O4S/c1-16(2)25-23(30)20-11-6-17(24)14-21(20)26-22(29)15-33(31,32)27-18-7-9-19(10-8-18)28-12-4-3-5-13-28/h6-11,14,16,27H,3-5,12-13,15H2,1-2H3,(H,25,30)(H,26,29). The van der Waals surface area contributed by atoms with Gasteiger partial charge in [0.2, 0.25) is 15.9 Å². The number of carbonyl (C=O) groups is 2. The average molecular weight is 493 g/mol. The zero-order valence-corrected chi connectivity index (χ0v) is 20.3. The predicted octanol–water partition coefficient (Wildman–Crippen LogP) is 3.85. The minimum absolute atomic E-state index is 0.109. The molecule has 1 aliphatic heterocycles. The molecular formula is C23H29ClN4O4S. The molecule has 1 fully saturated rings. The van der Waals surface area contributed by atoms with Gasteiger partial charge in [0, 0.05) is 35.5 Å². The molecule has 178 valence electrons. The fraction of sp³-hybridized carbons (Fsp3) is 0.391. The zero-order chi connectivity index (χ0) is 24.0. The second kappa shape index (κ2) is 10.9. The van der Waals surface area contributed by atoms with Crippen molar-refractivity contribution in [1.29, 1.82) is 0 Å². The SMILES string of the molecule is CC(C)NC(=O)c1ccc(Cl)cc1NC(=O)CS(=O)(=O)Nc1ccc(N2CCCCC2)cc1. The highest BCUT2D eigenvalue weighted by Crippen LogP contribution is 2.23. The first kappa shape index (κ1) is 24.9. The molecule has 0 unspecified atom stereocenters. The predicted molar refractivity (Wildman–Crippen MR) is 133 cm³/mol. The van der Waals surface area contributed by atoms with E-state index in [-0.39, 0.29) is 17.3 Å². The molecule has 2 aromatic carbocycles. The van der Waals surface area contributed by atoms with Crippen LogP contribution in [-0.4, -0.2) is 45.1 Å². The van der Waals surface area contributed by atoms with E-state index in [0.29, 0.717) is 10.7 Å². The Morgan fingerprint density at radius 3 is 2.33 bits per heavy atom. The van der Waals surface area contributed by atoms with Gasteiger partial charge in [-0.3, -0.25) is 14.3 Å². The molecule has 0 saturated carbocycles. The number of rotatable bonds is 8. The fourth-order valence-electron chi connectivity index (χ4n) is 3.62. The third-order valence-corrected chi connectivity index (χ3v) is 6.53.